The number of hydrogen-bond acceptors (Lipinski definition) is 9. The first-order valence-electron chi connectivity index (χ1n) is 7.27. The van der Waals surface area contributed by atoms with Gasteiger partial charge in [0.15, 0.2) is 0 Å². The molecule has 0 radical (unpaired) electrons. The number of hydrogen-bond donors (Lipinski definition) is 7. The van der Waals surface area contributed by atoms with Crippen molar-refractivity contribution in [1.82, 2.24) is 10.6 Å². The summed E-state index contributed by atoms with van der Waals surface area (Å²) in [6, 6.07) is -1.48. The van der Waals surface area contributed by atoms with Crippen molar-refractivity contribution in [3.63, 3.8) is 0 Å². The number of nitrogens with two attached hydrogens (primary N) is 1. The van der Waals surface area contributed by atoms with E-state index in [-0.39, 0.29) is 47.5 Å². The molecule has 2 saturated heterocycles. The van der Waals surface area contributed by atoms with E-state index in [1.807, 2.05) is 13.8 Å². The van der Waals surface area contributed by atoms with Crippen LogP contribution in [0.1, 0.15) is 13.8 Å². The minimum atomic E-state index is -1.00. The number of carbonyl (C=O) groups is 3. The van der Waals surface area contributed by atoms with E-state index >= 15 is 0 Å². The van der Waals surface area contributed by atoms with Gasteiger partial charge in [-0.15, -0.1) is 48.3 Å². The van der Waals surface area contributed by atoms with Gasteiger partial charge in [0.2, 0.25) is 0 Å². The first kappa shape index (κ1) is 31.6. The predicted molar refractivity (Wildman–Crippen MR) is 117 cm³/mol. The Balaban J connectivity index is -0.000000314. The van der Waals surface area contributed by atoms with Crippen LogP contribution in [0.3, 0.4) is 0 Å². The van der Waals surface area contributed by atoms with Gasteiger partial charge in [-0.25, -0.2) is 0 Å². The van der Waals surface area contributed by atoms with Gasteiger partial charge in [0.1, 0.15) is 18.1 Å². The molecule has 2 fully saturated rings. The molecule has 0 aromatic heterocycles. The van der Waals surface area contributed by atoms with Gasteiger partial charge in [0, 0.05) is 23.1 Å². The normalized spacial score (nSPS) is 23.1. The molecular weight excluding hydrogens is 461 g/mol. The highest BCUT2D eigenvalue weighted by Gasteiger charge is 2.34. The van der Waals surface area contributed by atoms with Crippen LogP contribution in [0.15, 0.2) is 0 Å². The van der Waals surface area contributed by atoms with Crippen molar-refractivity contribution in [2.24, 2.45) is 5.73 Å². The number of nitrogens with one attached hydrogen (secondary N) is 2. The monoisotopic (exact) mass is 487 g/mol. The van der Waals surface area contributed by atoms with Crippen LogP contribution >= 0.6 is 61.0 Å². The van der Waals surface area contributed by atoms with Gasteiger partial charge in [-0.2, -0.15) is 12.6 Å². The summed E-state index contributed by atoms with van der Waals surface area (Å²) in [6.07, 6.45) is 0. The molecule has 0 aromatic rings. The second-order valence-corrected chi connectivity index (χ2v) is 8.63. The Morgan fingerprint density at radius 3 is 1.81 bits per heavy atom. The summed E-state index contributed by atoms with van der Waals surface area (Å²) >= 11 is 6.91. The molecule has 0 unspecified atom stereocenters. The fourth-order valence-corrected chi connectivity index (χ4v) is 3.68. The second kappa shape index (κ2) is 15.8. The van der Waals surface area contributed by atoms with Gasteiger partial charge in [-0.05, 0) is 13.8 Å². The fourth-order valence-electron chi connectivity index (χ4n) is 1.56. The van der Waals surface area contributed by atoms with Crippen molar-refractivity contribution in [2.75, 3.05) is 23.1 Å². The van der Waals surface area contributed by atoms with Crippen LogP contribution < -0.4 is 16.4 Å². The molecule has 2 aliphatic heterocycles. The summed E-state index contributed by atoms with van der Waals surface area (Å²) in [6.45, 7) is 3.97. The quantitative estimate of drug-likeness (QED) is 0.275. The largest absolute Gasteiger partial charge is 0.480 e. The third-order valence-electron chi connectivity index (χ3n) is 2.96. The van der Waals surface area contributed by atoms with E-state index in [1.165, 1.54) is 0 Å². The van der Waals surface area contributed by atoms with Crippen molar-refractivity contribution in [2.45, 2.75) is 36.8 Å². The van der Waals surface area contributed by atoms with Crippen LogP contribution in [0, 0.1) is 0 Å². The van der Waals surface area contributed by atoms with Gasteiger partial charge in [-0.3, -0.25) is 25.0 Å². The zero-order valence-electron chi connectivity index (χ0n) is 14.8. The molecule has 0 saturated carbocycles. The molecule has 0 bridgehead atoms. The smallest absolute Gasteiger partial charge is 0.321 e. The van der Waals surface area contributed by atoms with Gasteiger partial charge in [-0.1, -0.05) is 0 Å². The van der Waals surface area contributed by atoms with Gasteiger partial charge in [0.25, 0.3) is 0 Å². The maximum Gasteiger partial charge on any atom is 0.321 e. The van der Waals surface area contributed by atoms with E-state index in [0.29, 0.717) is 11.5 Å². The molecule has 2 aliphatic rings. The first-order valence-corrected chi connectivity index (χ1v) is 10.0. The Labute approximate surface area is 184 Å². The first-order chi connectivity index (χ1) is 11.5. The van der Waals surface area contributed by atoms with Gasteiger partial charge >= 0.3 is 17.9 Å². The topological polar surface area (TPSA) is 162 Å². The Hall–Kier alpha value is -0.0800. The molecule has 14 heteroatoms. The second-order valence-electron chi connectivity index (χ2n) is 5.59. The van der Waals surface area contributed by atoms with Gasteiger partial charge < -0.3 is 21.1 Å². The molecule has 0 amide bonds. The van der Waals surface area contributed by atoms with E-state index in [9.17, 15) is 14.4 Å². The predicted octanol–water partition coefficient (Wildman–Crippen LogP) is 0.417. The Morgan fingerprint density at radius 2 is 1.67 bits per heavy atom. The highest BCUT2D eigenvalue weighted by Crippen LogP contribution is 2.28. The highest BCUT2D eigenvalue weighted by molar-refractivity contribution is 8.00. The number of halogens is 2. The average molecular weight is 488 g/mol. The van der Waals surface area contributed by atoms with Crippen LogP contribution in [0.5, 0.6) is 0 Å². The van der Waals surface area contributed by atoms with Crippen molar-refractivity contribution >= 4 is 78.9 Å². The van der Waals surface area contributed by atoms with E-state index in [1.54, 1.807) is 23.5 Å². The van der Waals surface area contributed by atoms with E-state index < -0.39 is 23.9 Å². The van der Waals surface area contributed by atoms with E-state index in [2.05, 4.69) is 23.3 Å². The van der Waals surface area contributed by atoms with Crippen molar-refractivity contribution in [3.05, 3.63) is 0 Å². The molecule has 27 heavy (non-hydrogen) atoms. The van der Waals surface area contributed by atoms with Crippen LogP contribution in [-0.2, 0) is 14.4 Å². The van der Waals surface area contributed by atoms with Crippen LogP contribution in [0.2, 0.25) is 0 Å². The highest BCUT2D eigenvalue weighted by atomic mass is 35.5. The number of thioether (sulfide) groups is 2. The zero-order valence-corrected chi connectivity index (χ0v) is 18.9. The third-order valence-corrected chi connectivity index (χ3v) is 5.63. The molecule has 7 N–H and O–H groups in total. The molecule has 2 heterocycles. The van der Waals surface area contributed by atoms with Gasteiger partial charge in [0.05, 0.1) is 4.87 Å². The molecule has 0 spiro atoms. The maximum absolute atomic E-state index is 10.4. The number of thiol groups is 1. The minimum absolute atomic E-state index is 0. The molecule has 162 valence electrons. The summed E-state index contributed by atoms with van der Waals surface area (Å²) in [5.74, 6) is -0.160. The number of carboxylic acid groups (broad SMARTS) is 3. The van der Waals surface area contributed by atoms with Crippen LogP contribution in [0.25, 0.3) is 0 Å². The Morgan fingerprint density at radius 1 is 1.15 bits per heavy atom. The van der Waals surface area contributed by atoms with E-state index in [0.717, 1.165) is 5.88 Å². The van der Waals surface area contributed by atoms with Crippen molar-refractivity contribution in [3.8, 4) is 0 Å². The van der Waals surface area contributed by atoms with Crippen molar-refractivity contribution in [1.29, 1.82) is 0 Å². The number of rotatable bonds is 4. The van der Waals surface area contributed by atoms with Crippen molar-refractivity contribution < 1.29 is 29.7 Å². The zero-order chi connectivity index (χ0) is 19.6. The SMILES string of the molecule is CC1(C)N[C@H](C(=O)O)CS1.Cl.Cl.N[C@@H](CS)C(=O)O.O=C(O)[C@@H]1CSCN1. The summed E-state index contributed by atoms with van der Waals surface area (Å²) < 4.78 is 0. The van der Waals surface area contributed by atoms with Crippen LogP contribution in [0.4, 0.5) is 0 Å². The summed E-state index contributed by atoms with van der Waals surface area (Å²) in [4.78, 5) is 30.2. The summed E-state index contributed by atoms with van der Waals surface area (Å²) in [5, 5.41) is 30.7. The third kappa shape index (κ3) is 14.6. The molecule has 3 atom stereocenters. The Bertz CT molecular complexity index is 471. The lowest BCUT2D eigenvalue weighted by Crippen LogP contribution is -2.41. The minimum Gasteiger partial charge on any atom is -0.480 e. The summed E-state index contributed by atoms with van der Waals surface area (Å²) in [5.41, 5.74) is 4.94. The lowest BCUT2D eigenvalue weighted by Gasteiger charge is -2.16. The molecular formula is C13H27Cl2N3O6S3. The molecule has 2 rings (SSSR count). The lowest BCUT2D eigenvalue weighted by molar-refractivity contribution is -0.139. The fraction of sp³-hybridized carbons (Fsp3) is 0.769. The van der Waals surface area contributed by atoms with E-state index in [4.69, 9.17) is 21.1 Å². The molecule has 0 aromatic carbocycles. The van der Waals surface area contributed by atoms with Crippen LogP contribution in [-0.4, -0.2) is 79.4 Å². The molecule has 0 aliphatic carbocycles. The maximum atomic E-state index is 10.4. The average Bonchev–Trinajstić information content (AvgIpc) is 3.17. The number of aliphatic carboxylic acids is 3. The summed E-state index contributed by atoms with van der Waals surface area (Å²) in [7, 11) is 0. The Kier molecular flexibility index (Phi) is 18.5. The molecule has 9 nitrogen and oxygen atoms in total. The number of carboxylic acids is 3. The lowest BCUT2D eigenvalue weighted by atomic mass is 10.3. The standard InChI is InChI=1S/C6H11NO2S.C4H7NO2S.C3H7NO2S.2ClH/c1-6(2)7-4(3-10-6)5(8)9;6-4(7)3-1-8-2-5-3;4-2(1-7)3(5)6;;/h4,7H,3H2,1-2H3,(H,8,9);3,5H,1-2H2,(H,6,7);2,7H,1,4H2,(H,5,6);2*1H/t4-;3-;2-;;/m000../s1.